The summed E-state index contributed by atoms with van der Waals surface area (Å²) in [5.41, 5.74) is 0. The Morgan fingerprint density at radius 3 is 2.72 bits per heavy atom. The molecule has 0 aromatic heterocycles. The van der Waals surface area contributed by atoms with Gasteiger partial charge in [0, 0.05) is 13.1 Å². The molecule has 1 atom stereocenters. The second kappa shape index (κ2) is 7.46. The van der Waals surface area contributed by atoms with Gasteiger partial charge in [-0.3, -0.25) is 0 Å². The number of piperidine rings is 1. The Balaban J connectivity index is 2.47. The van der Waals surface area contributed by atoms with Crippen LogP contribution in [-0.4, -0.2) is 44.7 Å². The highest BCUT2D eigenvalue weighted by atomic mass is 32.2. The molecule has 1 unspecified atom stereocenters. The monoisotopic (exact) mass is 276 g/mol. The van der Waals surface area contributed by atoms with E-state index in [0.717, 1.165) is 32.4 Å². The maximum absolute atomic E-state index is 12.2. The molecule has 1 heterocycles. The highest BCUT2D eigenvalue weighted by Crippen LogP contribution is 2.20. The molecule has 0 bridgehead atoms. The van der Waals surface area contributed by atoms with Crippen molar-refractivity contribution in [1.82, 2.24) is 9.62 Å². The highest BCUT2D eigenvalue weighted by molar-refractivity contribution is 7.89. The minimum atomic E-state index is -3.04. The number of sulfonamides is 1. The maximum atomic E-state index is 12.2. The molecule has 0 saturated carbocycles. The van der Waals surface area contributed by atoms with Gasteiger partial charge in [-0.15, -0.1) is 0 Å². The first-order valence-corrected chi connectivity index (χ1v) is 8.75. The molecule has 0 aromatic rings. The lowest BCUT2D eigenvalue weighted by atomic mass is 10.00. The molecule has 0 aromatic carbocycles. The van der Waals surface area contributed by atoms with Crippen molar-refractivity contribution in [2.45, 2.75) is 40.0 Å². The van der Waals surface area contributed by atoms with Crippen molar-refractivity contribution in [1.29, 1.82) is 0 Å². The van der Waals surface area contributed by atoms with E-state index in [-0.39, 0.29) is 11.7 Å². The van der Waals surface area contributed by atoms with Crippen LogP contribution >= 0.6 is 0 Å². The van der Waals surface area contributed by atoms with Crippen LogP contribution in [0, 0.1) is 11.8 Å². The summed E-state index contributed by atoms with van der Waals surface area (Å²) in [6.45, 7) is 9.44. The molecule has 0 amide bonds. The first kappa shape index (κ1) is 15.9. The van der Waals surface area contributed by atoms with E-state index in [2.05, 4.69) is 12.2 Å². The quantitative estimate of drug-likeness (QED) is 0.720. The normalized spacial score (nSPS) is 22.6. The van der Waals surface area contributed by atoms with Crippen LogP contribution in [0.15, 0.2) is 0 Å². The van der Waals surface area contributed by atoms with E-state index in [9.17, 15) is 8.42 Å². The molecular formula is C13H28N2O2S. The fourth-order valence-corrected chi connectivity index (χ4v) is 4.35. The SMILES string of the molecule is CCCNCC1CCCN(S(=O)(=O)CC(C)C)C1. The molecule has 1 saturated heterocycles. The van der Waals surface area contributed by atoms with Crippen molar-refractivity contribution in [3.63, 3.8) is 0 Å². The summed E-state index contributed by atoms with van der Waals surface area (Å²) >= 11 is 0. The van der Waals surface area contributed by atoms with Crippen LogP contribution in [0.1, 0.15) is 40.0 Å². The predicted molar refractivity (Wildman–Crippen MR) is 76.1 cm³/mol. The zero-order chi connectivity index (χ0) is 13.6. The molecule has 1 N–H and O–H groups in total. The van der Waals surface area contributed by atoms with E-state index in [1.54, 1.807) is 4.31 Å². The van der Waals surface area contributed by atoms with Gasteiger partial charge in [0.05, 0.1) is 5.75 Å². The van der Waals surface area contributed by atoms with Crippen molar-refractivity contribution >= 4 is 10.0 Å². The third-order valence-corrected chi connectivity index (χ3v) is 5.49. The maximum Gasteiger partial charge on any atom is 0.214 e. The molecule has 4 nitrogen and oxygen atoms in total. The summed E-state index contributed by atoms with van der Waals surface area (Å²) in [5, 5.41) is 3.40. The standard InChI is InChI=1S/C13H28N2O2S/c1-4-7-14-9-13-6-5-8-15(10-13)18(16,17)11-12(2)3/h12-14H,4-11H2,1-3H3. The van der Waals surface area contributed by atoms with E-state index in [0.29, 0.717) is 19.0 Å². The van der Waals surface area contributed by atoms with Gasteiger partial charge in [0.25, 0.3) is 0 Å². The van der Waals surface area contributed by atoms with E-state index in [1.807, 2.05) is 13.8 Å². The predicted octanol–water partition coefficient (Wildman–Crippen LogP) is 1.68. The van der Waals surface area contributed by atoms with Crippen LogP contribution in [-0.2, 0) is 10.0 Å². The van der Waals surface area contributed by atoms with Crippen molar-refractivity contribution in [3.05, 3.63) is 0 Å². The minimum Gasteiger partial charge on any atom is -0.316 e. The Hall–Kier alpha value is -0.130. The van der Waals surface area contributed by atoms with Gasteiger partial charge in [-0.1, -0.05) is 20.8 Å². The third-order valence-electron chi connectivity index (χ3n) is 3.28. The lowest BCUT2D eigenvalue weighted by Crippen LogP contribution is -2.44. The largest absolute Gasteiger partial charge is 0.316 e. The van der Waals surface area contributed by atoms with Crippen molar-refractivity contribution in [2.75, 3.05) is 31.9 Å². The Kier molecular flexibility index (Phi) is 6.60. The average Bonchev–Trinajstić information content (AvgIpc) is 2.28. The Morgan fingerprint density at radius 2 is 2.11 bits per heavy atom. The number of hydrogen-bond donors (Lipinski definition) is 1. The molecule has 1 aliphatic rings. The van der Waals surface area contributed by atoms with Crippen molar-refractivity contribution < 1.29 is 8.42 Å². The van der Waals surface area contributed by atoms with Gasteiger partial charge >= 0.3 is 0 Å². The summed E-state index contributed by atoms with van der Waals surface area (Å²) in [7, 11) is -3.04. The van der Waals surface area contributed by atoms with Crippen LogP contribution in [0.4, 0.5) is 0 Å². The van der Waals surface area contributed by atoms with E-state index >= 15 is 0 Å². The number of nitrogens with one attached hydrogen (secondary N) is 1. The Labute approximate surface area is 112 Å². The molecule has 18 heavy (non-hydrogen) atoms. The molecule has 1 rings (SSSR count). The third kappa shape index (κ3) is 5.24. The van der Waals surface area contributed by atoms with Gasteiger partial charge < -0.3 is 5.32 Å². The second-order valence-corrected chi connectivity index (χ2v) is 7.76. The van der Waals surface area contributed by atoms with Crippen molar-refractivity contribution in [3.8, 4) is 0 Å². The fourth-order valence-electron chi connectivity index (χ4n) is 2.46. The summed E-state index contributed by atoms with van der Waals surface area (Å²) in [4.78, 5) is 0. The van der Waals surface area contributed by atoms with Gasteiger partial charge in [0.2, 0.25) is 10.0 Å². The van der Waals surface area contributed by atoms with E-state index in [1.165, 1.54) is 0 Å². The van der Waals surface area contributed by atoms with Gasteiger partial charge in [-0.2, -0.15) is 0 Å². The van der Waals surface area contributed by atoms with Crippen LogP contribution < -0.4 is 5.32 Å². The molecule has 0 spiro atoms. The second-order valence-electron chi connectivity index (χ2n) is 5.74. The van der Waals surface area contributed by atoms with Crippen LogP contribution in [0.5, 0.6) is 0 Å². The van der Waals surface area contributed by atoms with Gasteiger partial charge in [0.1, 0.15) is 0 Å². The van der Waals surface area contributed by atoms with Crippen molar-refractivity contribution in [2.24, 2.45) is 11.8 Å². The average molecular weight is 276 g/mol. The summed E-state index contributed by atoms with van der Waals surface area (Å²) in [6.07, 6.45) is 3.27. The number of rotatable bonds is 7. The first-order chi connectivity index (χ1) is 8.45. The number of hydrogen-bond acceptors (Lipinski definition) is 3. The lowest BCUT2D eigenvalue weighted by Gasteiger charge is -2.32. The summed E-state index contributed by atoms with van der Waals surface area (Å²) < 4.78 is 26.1. The molecule has 0 radical (unpaired) electrons. The van der Waals surface area contributed by atoms with Crippen LogP contribution in [0.25, 0.3) is 0 Å². The molecule has 1 aliphatic heterocycles. The fraction of sp³-hybridized carbons (Fsp3) is 1.00. The summed E-state index contributed by atoms with van der Waals surface area (Å²) in [5.74, 6) is 0.961. The van der Waals surface area contributed by atoms with Gasteiger partial charge in [-0.25, -0.2) is 12.7 Å². The minimum absolute atomic E-state index is 0.202. The summed E-state index contributed by atoms with van der Waals surface area (Å²) in [6, 6.07) is 0. The van der Waals surface area contributed by atoms with Gasteiger partial charge in [0.15, 0.2) is 0 Å². The molecule has 108 valence electrons. The Morgan fingerprint density at radius 1 is 1.39 bits per heavy atom. The number of nitrogens with zero attached hydrogens (tertiary/aromatic N) is 1. The Bertz CT molecular complexity index is 328. The van der Waals surface area contributed by atoms with E-state index in [4.69, 9.17) is 0 Å². The lowest BCUT2D eigenvalue weighted by molar-refractivity contribution is 0.259. The highest BCUT2D eigenvalue weighted by Gasteiger charge is 2.28. The zero-order valence-electron chi connectivity index (χ0n) is 12.0. The smallest absolute Gasteiger partial charge is 0.214 e. The molecule has 1 fully saturated rings. The topological polar surface area (TPSA) is 49.4 Å². The zero-order valence-corrected chi connectivity index (χ0v) is 12.8. The van der Waals surface area contributed by atoms with Crippen LogP contribution in [0.3, 0.4) is 0 Å². The first-order valence-electron chi connectivity index (χ1n) is 7.14. The van der Waals surface area contributed by atoms with Crippen LogP contribution in [0.2, 0.25) is 0 Å². The van der Waals surface area contributed by atoms with Gasteiger partial charge in [-0.05, 0) is 44.2 Å². The molecular weight excluding hydrogens is 248 g/mol. The van der Waals surface area contributed by atoms with E-state index < -0.39 is 10.0 Å². The molecule has 5 heteroatoms. The molecule has 0 aliphatic carbocycles.